The molecule has 2 aliphatic rings. The van der Waals surface area contributed by atoms with Gasteiger partial charge in [-0.1, -0.05) is 19.3 Å². The van der Waals surface area contributed by atoms with Crippen molar-refractivity contribution in [2.24, 2.45) is 11.8 Å². The fraction of sp³-hybridized carbons (Fsp3) is 0.923. The average Bonchev–Trinajstić information content (AvgIpc) is 2.38. The van der Waals surface area contributed by atoms with Crippen LogP contribution in [0.3, 0.4) is 0 Å². The van der Waals surface area contributed by atoms with Gasteiger partial charge in [0, 0.05) is 0 Å². The van der Waals surface area contributed by atoms with Gasteiger partial charge in [0.1, 0.15) is 0 Å². The normalized spacial score (nSPS) is 24.2. The summed E-state index contributed by atoms with van der Waals surface area (Å²) in [6.45, 7) is 2.59. The van der Waals surface area contributed by atoms with Crippen molar-refractivity contribution < 1.29 is 9.53 Å². The minimum absolute atomic E-state index is 0.0482. The lowest BCUT2D eigenvalue weighted by Crippen LogP contribution is -2.33. The summed E-state index contributed by atoms with van der Waals surface area (Å²) in [4.78, 5) is 11.8. The Morgan fingerprint density at radius 1 is 1.06 bits per heavy atom. The van der Waals surface area contributed by atoms with Crippen LogP contribution in [0.4, 0.5) is 0 Å². The molecule has 2 fully saturated rings. The second-order valence-electron chi connectivity index (χ2n) is 5.16. The molecule has 92 valence electrons. The number of hydrogen-bond donors (Lipinski definition) is 1. The van der Waals surface area contributed by atoms with Crippen molar-refractivity contribution in [2.45, 2.75) is 44.9 Å². The first-order valence-corrected chi connectivity index (χ1v) is 6.73. The summed E-state index contributed by atoms with van der Waals surface area (Å²) < 4.78 is 5.45. The largest absolute Gasteiger partial charge is 0.465 e. The third-order valence-corrected chi connectivity index (χ3v) is 3.86. The van der Waals surface area contributed by atoms with Crippen molar-refractivity contribution in [1.29, 1.82) is 0 Å². The van der Waals surface area contributed by atoms with Gasteiger partial charge in [0.25, 0.3) is 0 Å². The van der Waals surface area contributed by atoms with Crippen LogP contribution in [0.5, 0.6) is 0 Å². The Kier molecular flexibility index (Phi) is 4.64. The van der Waals surface area contributed by atoms with Crippen molar-refractivity contribution in [3.8, 4) is 0 Å². The standard InChI is InChI=1S/C13H23NO2/c15-13(12-6-8-14-9-7-12)16-10-11-4-2-1-3-5-11/h11-12,14H,1-10H2. The van der Waals surface area contributed by atoms with Gasteiger partial charge in [-0.25, -0.2) is 0 Å². The van der Waals surface area contributed by atoms with E-state index in [1.54, 1.807) is 0 Å². The number of ether oxygens (including phenoxy) is 1. The van der Waals surface area contributed by atoms with Gasteiger partial charge in [0.2, 0.25) is 0 Å². The zero-order chi connectivity index (χ0) is 11.2. The molecule has 0 radical (unpaired) electrons. The number of esters is 1. The maximum atomic E-state index is 11.8. The number of carbonyl (C=O) groups is 1. The molecule has 1 aliphatic heterocycles. The van der Waals surface area contributed by atoms with Crippen LogP contribution < -0.4 is 5.32 Å². The lowest BCUT2D eigenvalue weighted by atomic mass is 9.90. The predicted octanol–water partition coefficient (Wildman–Crippen LogP) is 2.11. The van der Waals surface area contributed by atoms with Gasteiger partial charge in [-0.05, 0) is 44.7 Å². The third-order valence-electron chi connectivity index (χ3n) is 3.86. The molecule has 0 amide bonds. The number of carbonyl (C=O) groups excluding carboxylic acids is 1. The fourth-order valence-corrected chi connectivity index (χ4v) is 2.73. The molecule has 0 atom stereocenters. The van der Waals surface area contributed by atoms with E-state index in [0.717, 1.165) is 25.9 Å². The van der Waals surface area contributed by atoms with E-state index in [1.165, 1.54) is 32.1 Å². The minimum Gasteiger partial charge on any atom is -0.465 e. The molecular weight excluding hydrogens is 202 g/mol. The highest BCUT2D eigenvalue weighted by atomic mass is 16.5. The number of rotatable bonds is 3. The van der Waals surface area contributed by atoms with Crippen molar-refractivity contribution in [1.82, 2.24) is 5.32 Å². The van der Waals surface area contributed by atoms with Gasteiger partial charge in [-0.15, -0.1) is 0 Å². The Labute approximate surface area is 97.9 Å². The van der Waals surface area contributed by atoms with Crippen molar-refractivity contribution >= 4 is 5.97 Å². The van der Waals surface area contributed by atoms with Crippen molar-refractivity contribution in [3.05, 3.63) is 0 Å². The Morgan fingerprint density at radius 3 is 2.44 bits per heavy atom. The van der Waals surface area contributed by atoms with Crippen molar-refractivity contribution in [3.63, 3.8) is 0 Å². The van der Waals surface area contributed by atoms with Gasteiger partial charge >= 0.3 is 5.97 Å². The van der Waals surface area contributed by atoms with Crippen LogP contribution in [-0.2, 0) is 9.53 Å². The van der Waals surface area contributed by atoms with Crippen molar-refractivity contribution in [2.75, 3.05) is 19.7 Å². The molecule has 1 saturated heterocycles. The van der Waals surface area contributed by atoms with Gasteiger partial charge < -0.3 is 10.1 Å². The highest BCUT2D eigenvalue weighted by Crippen LogP contribution is 2.24. The van der Waals surface area contributed by atoms with E-state index in [4.69, 9.17) is 4.74 Å². The van der Waals surface area contributed by atoms with E-state index < -0.39 is 0 Å². The number of piperidine rings is 1. The molecule has 1 N–H and O–H groups in total. The third kappa shape index (κ3) is 3.48. The van der Waals surface area contributed by atoms with Gasteiger partial charge in [-0.2, -0.15) is 0 Å². The molecule has 0 aromatic heterocycles. The first kappa shape index (κ1) is 11.9. The van der Waals surface area contributed by atoms with Crippen LogP contribution in [0.2, 0.25) is 0 Å². The van der Waals surface area contributed by atoms with E-state index in [2.05, 4.69) is 5.32 Å². The average molecular weight is 225 g/mol. The van der Waals surface area contributed by atoms with Crippen LogP contribution in [0.25, 0.3) is 0 Å². The number of hydrogen-bond acceptors (Lipinski definition) is 3. The smallest absolute Gasteiger partial charge is 0.309 e. The first-order chi connectivity index (χ1) is 7.86. The summed E-state index contributed by atoms with van der Waals surface area (Å²) >= 11 is 0. The summed E-state index contributed by atoms with van der Waals surface area (Å²) in [5.41, 5.74) is 0. The Hall–Kier alpha value is -0.570. The molecule has 2 rings (SSSR count). The zero-order valence-corrected chi connectivity index (χ0v) is 10.0. The molecule has 0 bridgehead atoms. The zero-order valence-electron chi connectivity index (χ0n) is 10.0. The summed E-state index contributed by atoms with van der Waals surface area (Å²) in [6, 6.07) is 0. The van der Waals surface area contributed by atoms with Gasteiger partial charge in [0.05, 0.1) is 12.5 Å². The molecular formula is C13H23NO2. The fourth-order valence-electron chi connectivity index (χ4n) is 2.73. The first-order valence-electron chi connectivity index (χ1n) is 6.73. The second kappa shape index (κ2) is 6.24. The SMILES string of the molecule is O=C(OCC1CCCCC1)C1CCNCC1. The highest BCUT2D eigenvalue weighted by Gasteiger charge is 2.23. The molecule has 0 aromatic rings. The molecule has 3 heteroatoms. The van der Waals surface area contributed by atoms with E-state index in [-0.39, 0.29) is 11.9 Å². The lowest BCUT2D eigenvalue weighted by molar-refractivity contribution is -0.151. The predicted molar refractivity (Wildman–Crippen MR) is 63.1 cm³/mol. The lowest BCUT2D eigenvalue weighted by Gasteiger charge is -2.24. The molecule has 16 heavy (non-hydrogen) atoms. The molecule has 0 unspecified atom stereocenters. The number of nitrogens with one attached hydrogen (secondary N) is 1. The monoisotopic (exact) mass is 225 g/mol. The quantitative estimate of drug-likeness (QED) is 0.748. The van der Waals surface area contributed by atoms with Gasteiger partial charge in [-0.3, -0.25) is 4.79 Å². The van der Waals surface area contributed by atoms with Crippen LogP contribution in [0.1, 0.15) is 44.9 Å². The summed E-state index contributed by atoms with van der Waals surface area (Å²) in [7, 11) is 0. The summed E-state index contributed by atoms with van der Waals surface area (Å²) in [5.74, 6) is 0.844. The van der Waals surface area contributed by atoms with Crippen LogP contribution in [0.15, 0.2) is 0 Å². The maximum absolute atomic E-state index is 11.8. The van der Waals surface area contributed by atoms with Gasteiger partial charge in [0.15, 0.2) is 0 Å². The Morgan fingerprint density at radius 2 is 1.75 bits per heavy atom. The summed E-state index contributed by atoms with van der Waals surface area (Å²) in [6.07, 6.45) is 8.38. The molecule has 0 aromatic carbocycles. The highest BCUT2D eigenvalue weighted by molar-refractivity contribution is 5.72. The molecule has 1 heterocycles. The maximum Gasteiger partial charge on any atom is 0.309 e. The minimum atomic E-state index is 0.0482. The summed E-state index contributed by atoms with van der Waals surface area (Å²) in [5, 5.41) is 3.27. The Balaban J connectivity index is 1.65. The molecule has 3 nitrogen and oxygen atoms in total. The molecule has 1 saturated carbocycles. The van der Waals surface area contributed by atoms with E-state index in [1.807, 2.05) is 0 Å². The topological polar surface area (TPSA) is 38.3 Å². The molecule has 0 spiro atoms. The van der Waals surface area contributed by atoms with E-state index in [0.29, 0.717) is 12.5 Å². The van der Waals surface area contributed by atoms with E-state index in [9.17, 15) is 4.79 Å². The van der Waals surface area contributed by atoms with Crippen LogP contribution in [-0.4, -0.2) is 25.7 Å². The van der Waals surface area contributed by atoms with E-state index >= 15 is 0 Å². The van der Waals surface area contributed by atoms with Crippen LogP contribution >= 0.6 is 0 Å². The Bertz CT molecular complexity index is 218. The second-order valence-corrected chi connectivity index (χ2v) is 5.16. The molecule has 1 aliphatic carbocycles. The van der Waals surface area contributed by atoms with Crippen LogP contribution in [0, 0.1) is 11.8 Å².